The second-order valence-electron chi connectivity index (χ2n) is 10.3. The Kier molecular flexibility index (Phi) is 7.67. The average molecular weight is 550 g/mol. The van der Waals surface area contributed by atoms with Gasteiger partial charge in [0.1, 0.15) is 12.1 Å². The Bertz CT molecular complexity index is 1270. The first kappa shape index (κ1) is 28.1. The van der Waals surface area contributed by atoms with E-state index in [9.17, 15) is 27.6 Å². The van der Waals surface area contributed by atoms with Crippen LogP contribution in [0.5, 0.6) is 11.5 Å². The van der Waals surface area contributed by atoms with Crippen LogP contribution in [0.4, 0.5) is 18.9 Å². The minimum absolute atomic E-state index is 0.0402. The summed E-state index contributed by atoms with van der Waals surface area (Å²) in [6.07, 6.45) is -5.12. The van der Waals surface area contributed by atoms with Gasteiger partial charge >= 0.3 is 12.1 Å². The van der Waals surface area contributed by atoms with Crippen molar-refractivity contribution < 1.29 is 41.8 Å². The van der Waals surface area contributed by atoms with Crippen molar-refractivity contribution in [1.29, 1.82) is 0 Å². The largest absolute Gasteiger partial charge is 0.466 e. The lowest BCUT2D eigenvalue weighted by Gasteiger charge is -2.33. The van der Waals surface area contributed by atoms with Gasteiger partial charge in [-0.1, -0.05) is 12.1 Å². The molecule has 2 atom stereocenters. The molecule has 2 aromatic carbocycles. The highest BCUT2D eigenvalue weighted by molar-refractivity contribution is 5.97. The molecule has 0 saturated heterocycles. The van der Waals surface area contributed by atoms with Crippen LogP contribution in [0.15, 0.2) is 36.4 Å². The van der Waals surface area contributed by atoms with Crippen molar-refractivity contribution >= 4 is 23.5 Å². The van der Waals surface area contributed by atoms with Crippen LogP contribution in [-0.4, -0.2) is 47.7 Å². The summed E-state index contributed by atoms with van der Waals surface area (Å²) in [6, 6.07) is 5.35. The molecule has 0 saturated carbocycles. The van der Waals surface area contributed by atoms with Gasteiger partial charge in [0.2, 0.25) is 18.6 Å². The van der Waals surface area contributed by atoms with E-state index in [2.05, 4.69) is 10.6 Å². The Morgan fingerprint density at radius 1 is 1.10 bits per heavy atom. The van der Waals surface area contributed by atoms with Crippen LogP contribution < -0.4 is 20.1 Å². The molecule has 2 aliphatic rings. The van der Waals surface area contributed by atoms with Gasteiger partial charge in [-0.05, 0) is 57.5 Å². The summed E-state index contributed by atoms with van der Waals surface area (Å²) in [7, 11) is 0. The number of alkyl halides is 3. The van der Waals surface area contributed by atoms with E-state index in [1.165, 1.54) is 11.0 Å². The molecule has 2 heterocycles. The van der Waals surface area contributed by atoms with E-state index >= 15 is 0 Å². The molecule has 2 N–H and O–H groups in total. The maximum Gasteiger partial charge on any atom is 0.416 e. The fourth-order valence-corrected chi connectivity index (χ4v) is 4.49. The van der Waals surface area contributed by atoms with Gasteiger partial charge in [-0.2, -0.15) is 13.2 Å². The molecule has 0 spiro atoms. The molecule has 0 bridgehead atoms. The van der Waals surface area contributed by atoms with Gasteiger partial charge in [-0.15, -0.1) is 0 Å². The number of carbonyl (C=O) groups is 3. The van der Waals surface area contributed by atoms with Gasteiger partial charge in [0.25, 0.3) is 0 Å². The fourth-order valence-electron chi connectivity index (χ4n) is 4.49. The second kappa shape index (κ2) is 10.7. The molecule has 12 heteroatoms. The molecule has 0 radical (unpaired) electrons. The Hall–Kier alpha value is -3.96. The van der Waals surface area contributed by atoms with Crippen LogP contribution in [0.2, 0.25) is 0 Å². The molecule has 4 rings (SSSR count). The van der Waals surface area contributed by atoms with Crippen LogP contribution in [-0.2, 0) is 31.8 Å². The normalized spacial score (nSPS) is 18.6. The van der Waals surface area contributed by atoms with E-state index in [0.29, 0.717) is 17.1 Å². The number of benzene rings is 2. The molecule has 0 unspecified atom stereocenters. The zero-order chi connectivity index (χ0) is 28.5. The van der Waals surface area contributed by atoms with E-state index in [-0.39, 0.29) is 31.2 Å². The fraction of sp³-hybridized carbons (Fsp3) is 0.444. The third-order valence-corrected chi connectivity index (χ3v) is 6.11. The summed E-state index contributed by atoms with van der Waals surface area (Å²) >= 11 is 0. The minimum atomic E-state index is -4.67. The predicted molar refractivity (Wildman–Crippen MR) is 134 cm³/mol. The summed E-state index contributed by atoms with van der Waals surface area (Å²) < 4.78 is 56.6. The van der Waals surface area contributed by atoms with Crippen LogP contribution in [0.25, 0.3) is 0 Å². The molecule has 9 nitrogen and oxygen atoms in total. The zero-order valence-corrected chi connectivity index (χ0v) is 22.0. The van der Waals surface area contributed by atoms with Crippen molar-refractivity contribution in [3.8, 4) is 11.5 Å². The maximum atomic E-state index is 14.0. The molecule has 0 fully saturated rings. The van der Waals surface area contributed by atoms with Gasteiger partial charge in [0.05, 0.1) is 18.6 Å². The summed E-state index contributed by atoms with van der Waals surface area (Å²) in [5.41, 5.74) is -0.998. The van der Waals surface area contributed by atoms with E-state index in [1.54, 1.807) is 45.9 Å². The van der Waals surface area contributed by atoms with Crippen molar-refractivity contribution in [2.45, 2.75) is 64.5 Å². The standard InChI is InChI=1S/C27H30F3N3O6/c1-5-37-22(34)12-19-25(36)33(13-15-6-9-20-21(10-15)39-14-38-20)23(24(35)32-26(2,3)4)17-8-7-16(27(28,29)30)11-18(17)31-19/h6-11,19,23,31H,5,12-14H2,1-4H3,(H,32,35)/t19-,23+/m1/s1. The van der Waals surface area contributed by atoms with Crippen LogP contribution in [0, 0.1) is 0 Å². The minimum Gasteiger partial charge on any atom is -0.466 e. The average Bonchev–Trinajstić information content (AvgIpc) is 3.26. The number of anilines is 1. The third-order valence-electron chi connectivity index (χ3n) is 6.11. The summed E-state index contributed by atoms with van der Waals surface area (Å²) in [5, 5.41) is 5.64. The highest BCUT2D eigenvalue weighted by Crippen LogP contribution is 2.40. The van der Waals surface area contributed by atoms with E-state index in [1.807, 2.05) is 0 Å². The number of carbonyl (C=O) groups excluding carboxylic acids is 3. The maximum absolute atomic E-state index is 14.0. The Labute approximate surface area is 223 Å². The second-order valence-corrected chi connectivity index (χ2v) is 10.3. The van der Waals surface area contributed by atoms with E-state index in [0.717, 1.165) is 12.1 Å². The predicted octanol–water partition coefficient (Wildman–Crippen LogP) is 4.17. The first-order valence-corrected chi connectivity index (χ1v) is 12.4. The Balaban J connectivity index is 1.84. The Morgan fingerprint density at radius 2 is 1.82 bits per heavy atom. The van der Waals surface area contributed by atoms with Crippen molar-refractivity contribution in [2.24, 2.45) is 0 Å². The van der Waals surface area contributed by atoms with Crippen molar-refractivity contribution in [2.75, 3.05) is 18.7 Å². The highest BCUT2D eigenvalue weighted by Gasteiger charge is 2.42. The molecular formula is C27H30F3N3O6. The molecule has 210 valence electrons. The van der Waals surface area contributed by atoms with Crippen molar-refractivity contribution in [3.05, 3.63) is 53.1 Å². The molecule has 39 heavy (non-hydrogen) atoms. The van der Waals surface area contributed by atoms with E-state index in [4.69, 9.17) is 14.2 Å². The lowest BCUT2D eigenvalue weighted by atomic mass is 9.98. The number of esters is 1. The number of hydrogen-bond acceptors (Lipinski definition) is 7. The lowest BCUT2D eigenvalue weighted by molar-refractivity contribution is -0.148. The first-order valence-electron chi connectivity index (χ1n) is 12.4. The van der Waals surface area contributed by atoms with Crippen LogP contribution in [0.1, 0.15) is 56.8 Å². The quantitative estimate of drug-likeness (QED) is 0.521. The van der Waals surface area contributed by atoms with Gasteiger partial charge in [-0.25, -0.2) is 0 Å². The smallest absolute Gasteiger partial charge is 0.416 e. The van der Waals surface area contributed by atoms with Crippen LogP contribution >= 0.6 is 0 Å². The number of amides is 2. The number of hydrogen-bond donors (Lipinski definition) is 2. The molecule has 0 aliphatic carbocycles. The SMILES string of the molecule is CCOC(=O)C[C@H]1Nc2cc(C(F)(F)F)ccc2[C@@H](C(=O)NC(C)(C)C)N(Cc2ccc3c(c2)OCO3)C1=O. The molecular weight excluding hydrogens is 519 g/mol. The lowest BCUT2D eigenvalue weighted by Crippen LogP contribution is -2.50. The zero-order valence-electron chi connectivity index (χ0n) is 22.0. The number of ether oxygens (including phenoxy) is 3. The summed E-state index contributed by atoms with van der Waals surface area (Å²) in [6.45, 7) is 6.86. The van der Waals surface area contributed by atoms with Gasteiger partial charge in [0, 0.05) is 23.3 Å². The number of rotatable bonds is 6. The van der Waals surface area contributed by atoms with Gasteiger partial charge in [0.15, 0.2) is 11.5 Å². The monoisotopic (exact) mass is 549 g/mol. The highest BCUT2D eigenvalue weighted by atomic mass is 19.4. The molecule has 2 aromatic rings. The van der Waals surface area contributed by atoms with Crippen molar-refractivity contribution in [3.63, 3.8) is 0 Å². The van der Waals surface area contributed by atoms with Crippen molar-refractivity contribution in [1.82, 2.24) is 10.2 Å². The van der Waals surface area contributed by atoms with Gasteiger partial charge < -0.3 is 29.7 Å². The molecule has 2 amide bonds. The number of nitrogens with zero attached hydrogens (tertiary/aromatic N) is 1. The molecule has 2 aliphatic heterocycles. The van der Waals surface area contributed by atoms with E-state index < -0.39 is 53.6 Å². The van der Waals surface area contributed by atoms with Crippen LogP contribution in [0.3, 0.4) is 0 Å². The number of nitrogens with one attached hydrogen (secondary N) is 2. The molecule has 0 aromatic heterocycles. The Morgan fingerprint density at radius 3 is 2.49 bits per heavy atom. The topological polar surface area (TPSA) is 106 Å². The summed E-state index contributed by atoms with van der Waals surface area (Å²) in [5.74, 6) is -0.968. The first-order chi connectivity index (χ1) is 18.3. The van der Waals surface area contributed by atoms with Gasteiger partial charge in [-0.3, -0.25) is 14.4 Å². The third kappa shape index (κ3) is 6.37. The number of halogens is 3. The summed E-state index contributed by atoms with van der Waals surface area (Å²) in [4.78, 5) is 41.3. The number of fused-ring (bicyclic) bond motifs is 2.